The molecule has 21 heavy (non-hydrogen) atoms. The average molecular weight is 290 g/mol. The molecule has 7 unspecified atom stereocenters. The molecular formula is C18H26O3. The summed E-state index contributed by atoms with van der Waals surface area (Å²) < 4.78 is 10.9. The summed E-state index contributed by atoms with van der Waals surface area (Å²) in [5.74, 6) is 4.65. The van der Waals surface area contributed by atoms with Gasteiger partial charge >= 0.3 is 5.97 Å². The number of esters is 1. The Hall–Kier alpha value is -0.830. The maximum atomic E-state index is 12.4. The molecule has 0 saturated heterocycles. The van der Waals surface area contributed by atoms with Crippen molar-refractivity contribution in [3.8, 4) is 0 Å². The summed E-state index contributed by atoms with van der Waals surface area (Å²) in [5, 5.41) is 0. The lowest BCUT2D eigenvalue weighted by atomic mass is 9.69. The second-order valence-corrected chi connectivity index (χ2v) is 8.44. The van der Waals surface area contributed by atoms with Crippen LogP contribution in [-0.2, 0) is 14.3 Å². The van der Waals surface area contributed by atoms with Gasteiger partial charge in [0.15, 0.2) is 6.79 Å². The van der Waals surface area contributed by atoms with Crippen LogP contribution >= 0.6 is 0 Å². The first-order valence-corrected chi connectivity index (χ1v) is 8.43. The van der Waals surface area contributed by atoms with Gasteiger partial charge in [-0.15, -0.1) is 0 Å². The topological polar surface area (TPSA) is 35.5 Å². The number of allylic oxidation sites excluding steroid dienone is 2. The van der Waals surface area contributed by atoms with Crippen LogP contribution in [0.4, 0.5) is 0 Å². The summed E-state index contributed by atoms with van der Waals surface area (Å²) in [4.78, 5) is 12.4. The molecule has 0 aromatic rings. The van der Waals surface area contributed by atoms with Gasteiger partial charge in [-0.1, -0.05) is 12.2 Å². The molecule has 3 nitrogen and oxygen atoms in total. The number of hydrogen-bond donors (Lipinski definition) is 0. The second-order valence-electron chi connectivity index (χ2n) is 8.44. The van der Waals surface area contributed by atoms with Gasteiger partial charge in [-0.05, 0) is 75.5 Å². The van der Waals surface area contributed by atoms with E-state index in [1.54, 1.807) is 0 Å². The molecule has 3 saturated carbocycles. The Morgan fingerprint density at radius 2 is 1.81 bits per heavy atom. The molecule has 3 fully saturated rings. The number of carbonyl (C=O) groups is 1. The Bertz CT molecular complexity index is 475. The zero-order chi connectivity index (χ0) is 14.8. The van der Waals surface area contributed by atoms with E-state index in [0.29, 0.717) is 5.92 Å². The van der Waals surface area contributed by atoms with Crippen LogP contribution < -0.4 is 0 Å². The lowest BCUT2D eigenvalue weighted by molar-refractivity contribution is -0.174. The number of rotatable bonds is 3. The van der Waals surface area contributed by atoms with E-state index in [9.17, 15) is 4.79 Å². The van der Waals surface area contributed by atoms with Crippen molar-refractivity contribution in [2.75, 3.05) is 6.79 Å². The third-order valence-corrected chi connectivity index (χ3v) is 6.27. The normalized spacial score (nSPS) is 46.1. The molecule has 0 radical (unpaired) electrons. The van der Waals surface area contributed by atoms with Crippen LogP contribution in [0.5, 0.6) is 0 Å². The van der Waals surface area contributed by atoms with E-state index in [-0.39, 0.29) is 24.3 Å². The highest BCUT2D eigenvalue weighted by Gasteiger charge is 2.62. The third kappa shape index (κ3) is 2.16. The number of hydrogen-bond acceptors (Lipinski definition) is 3. The van der Waals surface area contributed by atoms with E-state index in [4.69, 9.17) is 9.47 Å². The predicted molar refractivity (Wildman–Crippen MR) is 79.2 cm³/mol. The molecule has 7 atom stereocenters. The van der Waals surface area contributed by atoms with Gasteiger partial charge in [0, 0.05) is 0 Å². The minimum absolute atomic E-state index is 0.0167. The third-order valence-electron chi connectivity index (χ3n) is 6.27. The van der Waals surface area contributed by atoms with Gasteiger partial charge in [0.1, 0.15) is 0 Å². The van der Waals surface area contributed by atoms with Crippen molar-refractivity contribution in [3.63, 3.8) is 0 Å². The van der Waals surface area contributed by atoms with Crippen LogP contribution in [0.1, 0.15) is 40.0 Å². The van der Waals surface area contributed by atoms with E-state index in [1.807, 2.05) is 20.8 Å². The van der Waals surface area contributed by atoms with Crippen molar-refractivity contribution in [1.29, 1.82) is 0 Å². The fraction of sp³-hybridized carbons (Fsp3) is 0.833. The zero-order valence-corrected chi connectivity index (χ0v) is 13.2. The Kier molecular flexibility index (Phi) is 3.01. The summed E-state index contributed by atoms with van der Waals surface area (Å²) in [5.41, 5.74) is -0.255. The van der Waals surface area contributed by atoms with E-state index >= 15 is 0 Å². The Balaban J connectivity index is 1.38. The largest absolute Gasteiger partial charge is 0.438 e. The summed E-state index contributed by atoms with van der Waals surface area (Å²) >= 11 is 0. The van der Waals surface area contributed by atoms with E-state index in [1.165, 1.54) is 12.8 Å². The van der Waals surface area contributed by atoms with E-state index in [2.05, 4.69) is 12.2 Å². The number of carbonyl (C=O) groups excluding carboxylic acids is 1. The van der Waals surface area contributed by atoms with Gasteiger partial charge in [0.25, 0.3) is 0 Å². The fourth-order valence-corrected chi connectivity index (χ4v) is 5.66. The maximum Gasteiger partial charge on any atom is 0.311 e. The first kappa shape index (κ1) is 13.8. The summed E-state index contributed by atoms with van der Waals surface area (Å²) in [7, 11) is 0. The van der Waals surface area contributed by atoms with Gasteiger partial charge in [-0.2, -0.15) is 0 Å². The molecule has 0 heterocycles. The Labute approximate surface area is 127 Å². The van der Waals surface area contributed by atoms with Crippen molar-refractivity contribution >= 4 is 5.97 Å². The van der Waals surface area contributed by atoms with Crippen molar-refractivity contribution in [1.82, 2.24) is 0 Å². The van der Waals surface area contributed by atoms with Crippen LogP contribution in [0.15, 0.2) is 12.2 Å². The lowest BCUT2D eigenvalue weighted by Crippen LogP contribution is -2.35. The van der Waals surface area contributed by atoms with E-state index in [0.717, 1.165) is 36.0 Å². The fourth-order valence-electron chi connectivity index (χ4n) is 5.66. The molecule has 0 aliphatic heterocycles. The lowest BCUT2D eigenvalue weighted by Gasteiger charge is -2.35. The standard InChI is InChI=1S/C18H26O3/c1-18(2,3)21-9-20-17(19)14-8-12-7-13(14)16-11-5-4-10(6-11)15(12)16/h4-5,10-16H,6-9H2,1-3H3. The van der Waals surface area contributed by atoms with Gasteiger partial charge in [-0.3, -0.25) is 4.79 Å². The SMILES string of the molecule is CC(C)(C)OCOC(=O)C1CC2CC1C1C3C=CC(C3)C21. The molecule has 0 aromatic heterocycles. The molecule has 4 aliphatic carbocycles. The zero-order valence-electron chi connectivity index (χ0n) is 13.2. The minimum Gasteiger partial charge on any atom is -0.438 e. The molecule has 0 amide bonds. The van der Waals surface area contributed by atoms with Gasteiger partial charge < -0.3 is 9.47 Å². The molecule has 116 valence electrons. The van der Waals surface area contributed by atoms with Crippen LogP contribution in [0, 0.1) is 41.4 Å². The molecule has 0 aromatic carbocycles. The average Bonchev–Trinajstić information content (AvgIpc) is 3.15. The molecule has 0 N–H and O–H groups in total. The van der Waals surface area contributed by atoms with Crippen molar-refractivity contribution in [2.24, 2.45) is 41.4 Å². The van der Waals surface area contributed by atoms with Crippen molar-refractivity contribution in [3.05, 3.63) is 12.2 Å². The van der Waals surface area contributed by atoms with Crippen LogP contribution in [-0.4, -0.2) is 18.4 Å². The molecule has 0 spiro atoms. The predicted octanol–water partition coefficient (Wildman–Crippen LogP) is 3.40. The minimum atomic E-state index is -0.255. The smallest absolute Gasteiger partial charge is 0.311 e. The maximum absolute atomic E-state index is 12.4. The molecule has 4 bridgehead atoms. The highest BCUT2D eigenvalue weighted by atomic mass is 16.7. The van der Waals surface area contributed by atoms with E-state index < -0.39 is 0 Å². The summed E-state index contributed by atoms with van der Waals surface area (Å²) in [6, 6.07) is 0. The molecule has 4 aliphatic rings. The molecular weight excluding hydrogens is 264 g/mol. The molecule has 3 heteroatoms. The van der Waals surface area contributed by atoms with Crippen LogP contribution in [0.3, 0.4) is 0 Å². The quantitative estimate of drug-likeness (QED) is 0.346. The monoisotopic (exact) mass is 290 g/mol. The highest BCUT2D eigenvalue weighted by molar-refractivity contribution is 5.73. The molecule has 4 rings (SSSR count). The first-order chi connectivity index (χ1) is 9.94. The number of fused-ring (bicyclic) bond motifs is 9. The number of ether oxygens (including phenoxy) is 2. The van der Waals surface area contributed by atoms with Crippen molar-refractivity contribution in [2.45, 2.75) is 45.6 Å². The van der Waals surface area contributed by atoms with Gasteiger partial charge in [0.2, 0.25) is 0 Å². The van der Waals surface area contributed by atoms with Gasteiger partial charge in [0.05, 0.1) is 11.5 Å². The second kappa shape index (κ2) is 4.58. The first-order valence-electron chi connectivity index (χ1n) is 8.43. The highest BCUT2D eigenvalue weighted by Crippen LogP contribution is 2.67. The van der Waals surface area contributed by atoms with Crippen LogP contribution in [0.2, 0.25) is 0 Å². The Morgan fingerprint density at radius 3 is 2.52 bits per heavy atom. The van der Waals surface area contributed by atoms with Crippen molar-refractivity contribution < 1.29 is 14.3 Å². The summed E-state index contributed by atoms with van der Waals surface area (Å²) in [6.07, 6.45) is 8.51. The van der Waals surface area contributed by atoms with Gasteiger partial charge in [-0.25, -0.2) is 0 Å². The summed E-state index contributed by atoms with van der Waals surface area (Å²) in [6.45, 7) is 6.02. The van der Waals surface area contributed by atoms with Crippen LogP contribution in [0.25, 0.3) is 0 Å². The Morgan fingerprint density at radius 1 is 1.10 bits per heavy atom.